The Morgan fingerprint density at radius 1 is 1.06 bits per heavy atom. The van der Waals surface area contributed by atoms with E-state index in [1.165, 1.54) is 5.56 Å². The average molecular weight is 440 g/mol. The minimum atomic E-state index is -0.583. The molecular weight excluding hydrogens is 410 g/mol. The van der Waals surface area contributed by atoms with E-state index in [4.69, 9.17) is 16.9 Å². The van der Waals surface area contributed by atoms with E-state index >= 15 is 0 Å². The molecule has 0 bridgehead atoms. The lowest BCUT2D eigenvalue weighted by molar-refractivity contribution is -0.135. The molecule has 1 atom stereocenters. The number of nitrogens with one attached hydrogen (secondary N) is 1. The molecule has 31 heavy (non-hydrogen) atoms. The van der Waals surface area contributed by atoms with Gasteiger partial charge in [0, 0.05) is 23.7 Å². The van der Waals surface area contributed by atoms with Crippen LogP contribution in [0.4, 0.5) is 0 Å². The molecule has 1 saturated heterocycles. The zero-order valence-corrected chi connectivity index (χ0v) is 18.0. The van der Waals surface area contributed by atoms with Gasteiger partial charge in [-0.05, 0) is 66.6 Å². The highest BCUT2D eigenvalue weighted by atomic mass is 35.5. The highest BCUT2D eigenvalue weighted by Gasteiger charge is 2.31. The molecule has 164 valence electrons. The quantitative estimate of drug-likeness (QED) is 0.711. The van der Waals surface area contributed by atoms with Gasteiger partial charge in [0.15, 0.2) is 0 Å². The molecule has 0 radical (unpaired) electrons. The van der Waals surface area contributed by atoms with Gasteiger partial charge in [-0.15, -0.1) is 0 Å². The van der Waals surface area contributed by atoms with Crippen LogP contribution in [0.1, 0.15) is 61.5 Å². The predicted molar refractivity (Wildman–Crippen MR) is 124 cm³/mol. The Morgan fingerprint density at radius 3 is 2.16 bits per heavy atom. The second kappa shape index (κ2) is 11.0. The van der Waals surface area contributed by atoms with E-state index in [0.29, 0.717) is 30.1 Å². The zero-order valence-electron chi connectivity index (χ0n) is 17.3. The number of hydrogen-bond donors (Lipinski definition) is 1. The topological polar surface area (TPSA) is 73.2 Å². The molecule has 0 spiro atoms. The second-order valence-electron chi connectivity index (χ2n) is 8.04. The third-order valence-corrected chi connectivity index (χ3v) is 5.90. The molecule has 3 rings (SSSR count). The van der Waals surface area contributed by atoms with E-state index in [1.54, 1.807) is 24.3 Å². The maximum Gasteiger partial charge on any atom is 0.251 e. The molecule has 0 unspecified atom stereocenters. The Labute approximate surface area is 190 Å². The lowest BCUT2D eigenvalue weighted by atomic mass is 9.89. The number of carbonyl (C=O) groups is 2. The van der Waals surface area contributed by atoms with Crippen molar-refractivity contribution in [1.82, 2.24) is 10.2 Å². The first-order valence-electron chi connectivity index (χ1n) is 10.2. The normalized spacial score (nSPS) is 15.0. The van der Waals surface area contributed by atoms with Crippen molar-refractivity contribution < 1.29 is 9.59 Å². The summed E-state index contributed by atoms with van der Waals surface area (Å²) in [6.45, 7) is 5.20. The van der Waals surface area contributed by atoms with Crippen molar-refractivity contribution in [3.8, 4) is 6.07 Å². The fraction of sp³-hybridized carbons (Fsp3) is 0.400. The molecule has 1 aliphatic heterocycles. The van der Waals surface area contributed by atoms with Crippen LogP contribution in [0, 0.1) is 17.2 Å². The number of piperidine rings is 1. The summed E-state index contributed by atoms with van der Waals surface area (Å²) in [6.07, 6.45) is 1.78. The summed E-state index contributed by atoms with van der Waals surface area (Å²) < 4.78 is 0. The van der Waals surface area contributed by atoms with Crippen LogP contribution in [0.25, 0.3) is 0 Å². The summed E-state index contributed by atoms with van der Waals surface area (Å²) >= 11 is 5.98. The number of carbonyl (C=O) groups excluding carboxylic acids is 2. The SMILES string of the molecule is C.CC(C)[C@@H](NC(=O)c1ccc(C#N)cc1)C(=O)N1CCC(c2ccc(Cl)cc2)CC1. The van der Waals surface area contributed by atoms with Crippen molar-refractivity contribution in [3.63, 3.8) is 0 Å². The van der Waals surface area contributed by atoms with E-state index < -0.39 is 6.04 Å². The first-order chi connectivity index (χ1) is 14.4. The molecule has 1 aliphatic rings. The van der Waals surface area contributed by atoms with E-state index in [2.05, 4.69) is 17.4 Å². The number of likely N-dealkylation sites (tertiary alicyclic amines) is 1. The number of hydrogen-bond acceptors (Lipinski definition) is 3. The van der Waals surface area contributed by atoms with Gasteiger partial charge in [0.2, 0.25) is 5.91 Å². The van der Waals surface area contributed by atoms with Gasteiger partial charge in [0.05, 0.1) is 11.6 Å². The van der Waals surface area contributed by atoms with Gasteiger partial charge in [-0.3, -0.25) is 9.59 Å². The summed E-state index contributed by atoms with van der Waals surface area (Å²) in [6, 6.07) is 15.8. The van der Waals surface area contributed by atoms with Gasteiger partial charge >= 0.3 is 0 Å². The summed E-state index contributed by atoms with van der Waals surface area (Å²) in [5.74, 6) is 0.0371. The van der Waals surface area contributed by atoms with Crippen LogP contribution in [0.2, 0.25) is 5.02 Å². The molecule has 1 heterocycles. The van der Waals surface area contributed by atoms with Crippen LogP contribution in [0.5, 0.6) is 0 Å². The molecule has 6 heteroatoms. The van der Waals surface area contributed by atoms with Gasteiger partial charge in [-0.1, -0.05) is 45.0 Å². The molecule has 2 aromatic rings. The average Bonchev–Trinajstić information content (AvgIpc) is 2.77. The molecule has 0 aromatic heterocycles. The summed E-state index contributed by atoms with van der Waals surface area (Å²) in [5, 5.41) is 12.5. The Hall–Kier alpha value is -2.84. The molecule has 0 saturated carbocycles. The Morgan fingerprint density at radius 2 is 1.65 bits per heavy atom. The van der Waals surface area contributed by atoms with E-state index in [1.807, 2.05) is 36.9 Å². The van der Waals surface area contributed by atoms with E-state index in [-0.39, 0.29) is 25.2 Å². The molecule has 2 amide bonds. The maximum atomic E-state index is 13.1. The highest BCUT2D eigenvalue weighted by molar-refractivity contribution is 6.30. The van der Waals surface area contributed by atoms with Crippen molar-refractivity contribution >= 4 is 23.4 Å². The van der Waals surface area contributed by atoms with Gasteiger partial charge in [-0.2, -0.15) is 5.26 Å². The van der Waals surface area contributed by atoms with Crippen LogP contribution >= 0.6 is 11.6 Å². The standard InChI is InChI=1S/C24H26ClN3O2.CH4/c1-16(2)22(27-23(29)20-5-3-17(15-26)4-6-20)24(30)28-13-11-19(12-14-28)18-7-9-21(25)10-8-18;/h3-10,16,19,22H,11-14H2,1-2H3,(H,27,29);1H4/t22-;/m1./s1. The zero-order chi connectivity index (χ0) is 21.7. The number of nitrogens with zero attached hydrogens (tertiary/aromatic N) is 2. The second-order valence-corrected chi connectivity index (χ2v) is 8.47. The van der Waals surface area contributed by atoms with Crippen molar-refractivity contribution in [1.29, 1.82) is 5.26 Å². The molecule has 1 fully saturated rings. The van der Waals surface area contributed by atoms with Gasteiger partial charge in [0.1, 0.15) is 6.04 Å². The lowest BCUT2D eigenvalue weighted by Crippen LogP contribution is -2.52. The Bertz CT molecular complexity index is 925. The molecule has 5 nitrogen and oxygen atoms in total. The van der Waals surface area contributed by atoms with E-state index in [9.17, 15) is 9.59 Å². The lowest BCUT2D eigenvalue weighted by Gasteiger charge is -2.35. The fourth-order valence-electron chi connectivity index (χ4n) is 3.80. The first kappa shape index (κ1) is 24.4. The Balaban J connectivity index is 0.00000341. The van der Waals surface area contributed by atoms with E-state index in [0.717, 1.165) is 17.9 Å². The van der Waals surface area contributed by atoms with Crippen molar-refractivity contribution in [3.05, 3.63) is 70.2 Å². The third-order valence-electron chi connectivity index (χ3n) is 5.64. The minimum absolute atomic E-state index is 0. The highest BCUT2D eigenvalue weighted by Crippen LogP contribution is 2.29. The van der Waals surface area contributed by atoms with Crippen molar-refractivity contribution in [2.75, 3.05) is 13.1 Å². The Kier molecular flexibility index (Phi) is 8.65. The monoisotopic (exact) mass is 439 g/mol. The molecule has 2 aromatic carbocycles. The van der Waals surface area contributed by atoms with Gasteiger partial charge in [0.25, 0.3) is 5.91 Å². The largest absolute Gasteiger partial charge is 0.341 e. The molecule has 0 aliphatic carbocycles. The smallest absolute Gasteiger partial charge is 0.251 e. The van der Waals surface area contributed by atoms with Gasteiger partial charge < -0.3 is 10.2 Å². The fourth-order valence-corrected chi connectivity index (χ4v) is 3.93. The number of halogens is 1. The van der Waals surface area contributed by atoms with Gasteiger partial charge in [-0.25, -0.2) is 0 Å². The number of amides is 2. The van der Waals surface area contributed by atoms with Crippen LogP contribution in [-0.2, 0) is 4.79 Å². The van der Waals surface area contributed by atoms with Crippen molar-refractivity contribution in [2.45, 2.75) is 46.1 Å². The number of rotatable bonds is 5. The van der Waals surface area contributed by atoms with Crippen LogP contribution in [-0.4, -0.2) is 35.8 Å². The third kappa shape index (κ3) is 6.08. The van der Waals surface area contributed by atoms with Crippen LogP contribution in [0.15, 0.2) is 48.5 Å². The molecular formula is C25H30ClN3O2. The summed E-state index contributed by atoms with van der Waals surface area (Å²) in [7, 11) is 0. The number of nitriles is 1. The predicted octanol–water partition coefficient (Wildman–Crippen LogP) is 5.01. The molecule has 1 N–H and O–H groups in total. The summed E-state index contributed by atoms with van der Waals surface area (Å²) in [5.41, 5.74) is 2.18. The van der Waals surface area contributed by atoms with Crippen molar-refractivity contribution in [2.24, 2.45) is 5.92 Å². The minimum Gasteiger partial charge on any atom is -0.341 e. The summed E-state index contributed by atoms with van der Waals surface area (Å²) in [4.78, 5) is 27.6. The van der Waals surface area contributed by atoms with Crippen LogP contribution in [0.3, 0.4) is 0 Å². The number of benzene rings is 2. The maximum absolute atomic E-state index is 13.1. The first-order valence-corrected chi connectivity index (χ1v) is 10.6. The van der Waals surface area contributed by atoms with Crippen LogP contribution < -0.4 is 5.32 Å².